The second-order valence-corrected chi connectivity index (χ2v) is 6.89. The Kier molecular flexibility index (Phi) is 4.72. The number of carbonyl (C=O) groups is 1. The van der Waals surface area contributed by atoms with Crippen LogP contribution in [0, 0.1) is 5.92 Å². The van der Waals surface area contributed by atoms with E-state index >= 15 is 0 Å². The van der Waals surface area contributed by atoms with Crippen molar-refractivity contribution in [1.29, 1.82) is 0 Å². The van der Waals surface area contributed by atoms with Crippen LogP contribution in [-0.4, -0.2) is 40.8 Å². The number of nitrogens with one attached hydrogen (secondary N) is 1. The number of methoxy groups -OCH3 is 1. The summed E-state index contributed by atoms with van der Waals surface area (Å²) in [5, 5.41) is 5.17. The first-order chi connectivity index (χ1) is 11.1. The molecule has 1 saturated heterocycles. The van der Waals surface area contributed by atoms with Crippen molar-refractivity contribution in [3.8, 4) is 0 Å². The van der Waals surface area contributed by atoms with E-state index in [0.29, 0.717) is 11.5 Å². The third-order valence-electron chi connectivity index (χ3n) is 4.30. The monoisotopic (exact) mass is 337 g/mol. The van der Waals surface area contributed by atoms with Gasteiger partial charge < -0.3 is 9.64 Å². The first-order valence-corrected chi connectivity index (χ1v) is 8.72. The van der Waals surface area contributed by atoms with Crippen molar-refractivity contribution in [2.45, 2.75) is 32.7 Å². The van der Waals surface area contributed by atoms with Gasteiger partial charge in [-0.1, -0.05) is 18.3 Å². The van der Waals surface area contributed by atoms with Crippen LogP contribution in [0.2, 0.25) is 0 Å². The standard InChI is InChI=1S/C15H20N4O3S/c1-3-12-17-19-13(20)8-11(16-15(19)23-12)9-18-6-4-10(5-7-18)14(21)22-2/h8,10H,3-7,9H2,1-2H3/p+1. The zero-order chi connectivity index (χ0) is 16.4. The minimum Gasteiger partial charge on any atom is -0.469 e. The predicted octanol–water partition coefficient (Wildman–Crippen LogP) is -0.319. The zero-order valence-corrected chi connectivity index (χ0v) is 14.2. The number of esters is 1. The molecule has 0 atom stereocenters. The van der Waals surface area contributed by atoms with Crippen LogP contribution in [0.5, 0.6) is 0 Å². The number of likely N-dealkylation sites (tertiary alicyclic amines) is 1. The highest BCUT2D eigenvalue weighted by Crippen LogP contribution is 2.13. The van der Waals surface area contributed by atoms with Crippen molar-refractivity contribution in [3.05, 3.63) is 27.1 Å². The molecular formula is C15H21N4O3S+. The van der Waals surface area contributed by atoms with Crippen LogP contribution >= 0.6 is 11.3 Å². The van der Waals surface area contributed by atoms with Gasteiger partial charge >= 0.3 is 5.97 Å². The first-order valence-electron chi connectivity index (χ1n) is 7.90. The van der Waals surface area contributed by atoms with E-state index in [1.54, 1.807) is 6.07 Å². The average Bonchev–Trinajstić information content (AvgIpc) is 2.98. The summed E-state index contributed by atoms with van der Waals surface area (Å²) < 4.78 is 6.19. The van der Waals surface area contributed by atoms with E-state index in [2.05, 4.69) is 10.1 Å². The van der Waals surface area contributed by atoms with Crippen LogP contribution in [-0.2, 0) is 22.5 Å². The molecule has 1 aliphatic rings. The predicted molar refractivity (Wildman–Crippen MR) is 85.7 cm³/mol. The molecule has 1 aliphatic heterocycles. The maximum atomic E-state index is 12.1. The Morgan fingerprint density at radius 3 is 2.87 bits per heavy atom. The topological polar surface area (TPSA) is 78.0 Å². The number of nitrogens with zero attached hydrogens (tertiary/aromatic N) is 3. The molecule has 0 spiro atoms. The lowest BCUT2D eigenvalue weighted by Gasteiger charge is -2.27. The molecular weight excluding hydrogens is 316 g/mol. The molecule has 3 heterocycles. The average molecular weight is 337 g/mol. The summed E-state index contributed by atoms with van der Waals surface area (Å²) in [6.45, 7) is 4.51. The summed E-state index contributed by atoms with van der Waals surface area (Å²) in [5.41, 5.74) is 0.678. The Morgan fingerprint density at radius 2 is 2.22 bits per heavy atom. The van der Waals surface area contributed by atoms with Crippen LogP contribution in [0.3, 0.4) is 0 Å². The summed E-state index contributed by atoms with van der Waals surface area (Å²) in [6, 6.07) is 1.57. The smallest absolute Gasteiger partial charge is 0.309 e. The number of piperidine rings is 1. The number of hydrogen-bond donors (Lipinski definition) is 1. The molecule has 3 rings (SSSR count). The number of rotatable bonds is 4. The minimum absolute atomic E-state index is 0.0124. The Morgan fingerprint density at radius 1 is 1.48 bits per heavy atom. The van der Waals surface area contributed by atoms with Crippen molar-refractivity contribution in [2.24, 2.45) is 5.92 Å². The summed E-state index contributed by atoms with van der Waals surface area (Å²) in [6.07, 6.45) is 2.45. The first kappa shape index (κ1) is 16.1. The lowest BCUT2D eigenvalue weighted by molar-refractivity contribution is -0.919. The van der Waals surface area contributed by atoms with Gasteiger partial charge in [0.25, 0.3) is 5.56 Å². The normalized spacial score (nSPS) is 21.5. The third-order valence-corrected chi connectivity index (χ3v) is 5.35. The highest BCUT2D eigenvalue weighted by molar-refractivity contribution is 7.16. The number of ether oxygens (including phenoxy) is 1. The fourth-order valence-electron chi connectivity index (χ4n) is 2.99. The molecule has 0 amide bonds. The number of aryl methyl sites for hydroxylation is 1. The summed E-state index contributed by atoms with van der Waals surface area (Å²) in [4.78, 5) is 30.3. The lowest BCUT2D eigenvalue weighted by atomic mass is 9.97. The molecule has 0 aliphatic carbocycles. The summed E-state index contributed by atoms with van der Waals surface area (Å²) >= 11 is 1.47. The molecule has 124 valence electrons. The van der Waals surface area contributed by atoms with E-state index in [9.17, 15) is 9.59 Å². The zero-order valence-electron chi connectivity index (χ0n) is 13.4. The van der Waals surface area contributed by atoms with Crippen LogP contribution in [0.1, 0.15) is 30.5 Å². The third kappa shape index (κ3) is 3.42. The van der Waals surface area contributed by atoms with Gasteiger partial charge in [-0.3, -0.25) is 9.59 Å². The quantitative estimate of drug-likeness (QED) is 0.774. The molecule has 23 heavy (non-hydrogen) atoms. The van der Waals surface area contributed by atoms with Crippen molar-refractivity contribution in [2.75, 3.05) is 20.2 Å². The SMILES string of the molecule is CCc1nn2c(=O)cc(C[NH+]3CCC(C(=O)OC)CC3)nc2s1. The molecule has 1 N–H and O–H groups in total. The van der Waals surface area contributed by atoms with Gasteiger partial charge in [0.2, 0.25) is 4.96 Å². The largest absolute Gasteiger partial charge is 0.469 e. The Hall–Kier alpha value is -1.80. The van der Waals surface area contributed by atoms with E-state index in [4.69, 9.17) is 4.74 Å². The second-order valence-electron chi connectivity index (χ2n) is 5.85. The van der Waals surface area contributed by atoms with Crippen molar-refractivity contribution in [3.63, 3.8) is 0 Å². The van der Waals surface area contributed by atoms with Gasteiger partial charge in [0.05, 0.1) is 26.1 Å². The second kappa shape index (κ2) is 6.76. The fourth-order valence-corrected chi connectivity index (χ4v) is 3.85. The molecule has 0 aromatic carbocycles. The van der Waals surface area contributed by atoms with Gasteiger partial charge in [-0.05, 0) is 6.42 Å². The molecule has 1 fully saturated rings. The number of aromatic nitrogens is 3. The highest BCUT2D eigenvalue weighted by atomic mass is 32.1. The maximum Gasteiger partial charge on any atom is 0.309 e. The van der Waals surface area contributed by atoms with E-state index in [1.165, 1.54) is 27.9 Å². The van der Waals surface area contributed by atoms with E-state index in [0.717, 1.165) is 43.1 Å². The van der Waals surface area contributed by atoms with E-state index < -0.39 is 0 Å². The summed E-state index contributed by atoms with van der Waals surface area (Å²) in [5.74, 6) is -0.1000. The number of fused-ring (bicyclic) bond motifs is 1. The van der Waals surface area contributed by atoms with Crippen LogP contribution < -0.4 is 10.5 Å². The molecule has 0 radical (unpaired) electrons. The molecule has 0 saturated carbocycles. The molecule has 0 bridgehead atoms. The Bertz CT molecular complexity index is 762. The Balaban J connectivity index is 1.70. The van der Waals surface area contributed by atoms with Gasteiger partial charge in [0.15, 0.2) is 0 Å². The molecule has 2 aromatic rings. The van der Waals surface area contributed by atoms with E-state index in [-0.39, 0.29) is 17.4 Å². The van der Waals surface area contributed by atoms with Crippen LogP contribution in [0.15, 0.2) is 10.9 Å². The van der Waals surface area contributed by atoms with Gasteiger partial charge in [-0.15, -0.1) is 0 Å². The molecule has 7 nitrogen and oxygen atoms in total. The number of carbonyl (C=O) groups excluding carboxylic acids is 1. The van der Waals surface area contributed by atoms with Crippen molar-refractivity contribution >= 4 is 22.3 Å². The summed E-state index contributed by atoms with van der Waals surface area (Å²) in [7, 11) is 1.44. The maximum absolute atomic E-state index is 12.1. The fraction of sp³-hybridized carbons (Fsp3) is 0.600. The lowest BCUT2D eigenvalue weighted by Crippen LogP contribution is -3.11. The van der Waals surface area contributed by atoms with Gasteiger partial charge in [-0.25, -0.2) is 4.98 Å². The van der Waals surface area contributed by atoms with Crippen LogP contribution in [0.4, 0.5) is 0 Å². The number of hydrogen-bond acceptors (Lipinski definition) is 6. The van der Waals surface area contributed by atoms with Crippen molar-refractivity contribution < 1.29 is 14.4 Å². The molecule has 2 aromatic heterocycles. The van der Waals surface area contributed by atoms with E-state index in [1.807, 2.05) is 6.92 Å². The minimum atomic E-state index is -0.121. The molecule has 0 unspecified atom stereocenters. The van der Waals surface area contributed by atoms with Crippen molar-refractivity contribution in [1.82, 2.24) is 14.6 Å². The van der Waals surface area contributed by atoms with Gasteiger partial charge in [-0.2, -0.15) is 9.61 Å². The number of quaternary nitrogens is 1. The van der Waals surface area contributed by atoms with Gasteiger partial charge in [0.1, 0.15) is 17.2 Å². The Labute approximate surface area is 137 Å². The van der Waals surface area contributed by atoms with Gasteiger partial charge in [0, 0.05) is 18.9 Å². The van der Waals surface area contributed by atoms with Crippen LogP contribution in [0.25, 0.3) is 4.96 Å². The molecule has 8 heteroatoms. The highest BCUT2D eigenvalue weighted by Gasteiger charge is 2.28.